The van der Waals surface area contributed by atoms with Crippen molar-refractivity contribution in [1.29, 1.82) is 0 Å². The molecule has 2 rings (SSSR count). The molecule has 0 unspecified atom stereocenters. The molecular formula is C17H17ClFN3O4S. The fraction of sp³-hybridized carbons (Fsp3) is 0.176. The number of hydrogen-bond donors (Lipinski definition) is 1. The summed E-state index contributed by atoms with van der Waals surface area (Å²) >= 11 is 5.85. The van der Waals surface area contributed by atoms with E-state index in [2.05, 4.69) is 10.5 Å². The van der Waals surface area contributed by atoms with E-state index in [0.717, 1.165) is 16.8 Å². The average Bonchev–Trinajstić information content (AvgIpc) is 2.61. The predicted molar refractivity (Wildman–Crippen MR) is 102 cm³/mol. The maximum atomic E-state index is 13.6. The van der Waals surface area contributed by atoms with E-state index in [4.69, 9.17) is 16.3 Å². The van der Waals surface area contributed by atoms with Crippen molar-refractivity contribution in [3.63, 3.8) is 0 Å². The highest BCUT2D eigenvalue weighted by molar-refractivity contribution is 7.92. The number of halogens is 2. The van der Waals surface area contributed by atoms with Crippen LogP contribution in [0.15, 0.2) is 47.6 Å². The number of rotatable bonds is 7. The fourth-order valence-corrected chi connectivity index (χ4v) is 3.19. The number of nitrogens with zero attached hydrogens (tertiary/aromatic N) is 2. The molecule has 2 aromatic rings. The second-order valence-electron chi connectivity index (χ2n) is 5.40. The quantitative estimate of drug-likeness (QED) is 0.557. The SMILES string of the molecule is COc1ccc(N(CC(=O)N/N=C\c2c(F)cccc2Cl)S(C)(=O)=O)cc1. The Morgan fingerprint density at radius 1 is 1.30 bits per heavy atom. The van der Waals surface area contributed by atoms with Crippen molar-refractivity contribution in [3.8, 4) is 5.75 Å². The molecule has 1 N–H and O–H groups in total. The zero-order valence-electron chi connectivity index (χ0n) is 14.5. The number of hydrazone groups is 1. The summed E-state index contributed by atoms with van der Waals surface area (Å²) in [4.78, 5) is 12.1. The number of benzene rings is 2. The molecule has 1 amide bonds. The molecule has 0 fully saturated rings. The maximum Gasteiger partial charge on any atom is 0.260 e. The van der Waals surface area contributed by atoms with Crippen LogP contribution in [0.5, 0.6) is 5.75 Å². The fourth-order valence-electron chi connectivity index (χ4n) is 2.12. The van der Waals surface area contributed by atoms with Crippen molar-refractivity contribution in [1.82, 2.24) is 5.43 Å². The number of hydrogen-bond acceptors (Lipinski definition) is 5. The van der Waals surface area contributed by atoms with Crippen LogP contribution in [0.2, 0.25) is 5.02 Å². The number of methoxy groups -OCH3 is 1. The van der Waals surface area contributed by atoms with Crippen LogP contribution in [0, 0.1) is 5.82 Å². The third kappa shape index (κ3) is 5.66. The first-order valence-corrected chi connectivity index (χ1v) is 9.82. The van der Waals surface area contributed by atoms with Crippen molar-refractivity contribution >= 4 is 39.4 Å². The molecule has 0 bridgehead atoms. The zero-order chi connectivity index (χ0) is 20.0. The van der Waals surface area contributed by atoms with E-state index in [-0.39, 0.29) is 16.3 Å². The van der Waals surface area contributed by atoms with E-state index >= 15 is 0 Å². The lowest BCUT2D eigenvalue weighted by molar-refractivity contribution is -0.119. The number of anilines is 1. The minimum Gasteiger partial charge on any atom is -0.497 e. The topological polar surface area (TPSA) is 88.1 Å². The summed E-state index contributed by atoms with van der Waals surface area (Å²) in [5, 5.41) is 3.76. The lowest BCUT2D eigenvalue weighted by atomic mass is 10.2. The summed E-state index contributed by atoms with van der Waals surface area (Å²) in [7, 11) is -2.24. The van der Waals surface area contributed by atoms with Crippen molar-refractivity contribution in [2.75, 3.05) is 24.2 Å². The Kier molecular flexibility index (Phi) is 6.75. The first-order valence-electron chi connectivity index (χ1n) is 7.60. The summed E-state index contributed by atoms with van der Waals surface area (Å²) < 4.78 is 43.6. The molecule has 27 heavy (non-hydrogen) atoms. The smallest absolute Gasteiger partial charge is 0.260 e. The average molecular weight is 414 g/mol. The summed E-state index contributed by atoms with van der Waals surface area (Å²) in [6.07, 6.45) is 2.03. The van der Waals surface area contributed by atoms with Gasteiger partial charge in [0.2, 0.25) is 10.0 Å². The molecule has 0 saturated heterocycles. The predicted octanol–water partition coefficient (Wildman–Crippen LogP) is 2.40. The molecule has 0 aliphatic heterocycles. The highest BCUT2D eigenvalue weighted by Gasteiger charge is 2.20. The second kappa shape index (κ2) is 8.83. The summed E-state index contributed by atoms with van der Waals surface area (Å²) in [6.45, 7) is -0.506. The molecule has 0 spiro atoms. The Balaban J connectivity index is 2.11. The molecule has 10 heteroatoms. The van der Waals surface area contributed by atoms with Gasteiger partial charge in [0, 0.05) is 5.56 Å². The van der Waals surface area contributed by atoms with Crippen LogP contribution in [0.3, 0.4) is 0 Å². The Morgan fingerprint density at radius 3 is 2.52 bits per heavy atom. The van der Waals surface area contributed by atoms with Crippen molar-refractivity contribution in [2.45, 2.75) is 0 Å². The number of nitrogens with one attached hydrogen (secondary N) is 1. The summed E-state index contributed by atoms with van der Waals surface area (Å²) in [6, 6.07) is 10.3. The molecule has 0 saturated carbocycles. The van der Waals surface area contributed by atoms with Crippen LogP contribution < -0.4 is 14.5 Å². The van der Waals surface area contributed by atoms with Gasteiger partial charge < -0.3 is 4.74 Å². The minimum absolute atomic E-state index is 0.00888. The maximum absolute atomic E-state index is 13.6. The van der Waals surface area contributed by atoms with Gasteiger partial charge in [-0.25, -0.2) is 18.2 Å². The van der Waals surface area contributed by atoms with Gasteiger partial charge in [-0.2, -0.15) is 5.10 Å². The Morgan fingerprint density at radius 2 is 1.96 bits per heavy atom. The van der Waals surface area contributed by atoms with Crippen molar-refractivity contribution in [3.05, 3.63) is 58.9 Å². The van der Waals surface area contributed by atoms with Gasteiger partial charge in [-0.1, -0.05) is 17.7 Å². The van der Waals surface area contributed by atoms with Gasteiger partial charge >= 0.3 is 0 Å². The lowest BCUT2D eigenvalue weighted by Crippen LogP contribution is -2.39. The first-order chi connectivity index (χ1) is 12.7. The van der Waals surface area contributed by atoms with E-state index in [9.17, 15) is 17.6 Å². The largest absolute Gasteiger partial charge is 0.497 e. The standard InChI is InChI=1S/C17H17ClFN3O4S/c1-26-13-8-6-12(7-9-13)22(27(2,24)25)11-17(23)21-20-10-14-15(18)4-3-5-16(14)19/h3-10H,11H2,1-2H3,(H,21,23)/b20-10-. The van der Waals surface area contributed by atoms with Crippen LogP contribution in [-0.2, 0) is 14.8 Å². The van der Waals surface area contributed by atoms with Gasteiger partial charge in [0.1, 0.15) is 18.1 Å². The third-order valence-corrected chi connectivity index (χ3v) is 4.90. The van der Waals surface area contributed by atoms with E-state index < -0.39 is 28.3 Å². The van der Waals surface area contributed by atoms with Crippen LogP contribution in [0.25, 0.3) is 0 Å². The molecule has 7 nitrogen and oxygen atoms in total. The Bertz CT molecular complexity index is 929. The van der Waals surface area contributed by atoms with Gasteiger partial charge in [0.05, 0.1) is 30.3 Å². The van der Waals surface area contributed by atoms with Gasteiger partial charge in [-0.3, -0.25) is 9.10 Å². The number of carbonyl (C=O) groups excluding carboxylic acids is 1. The van der Waals surface area contributed by atoms with Gasteiger partial charge in [0.15, 0.2) is 0 Å². The number of amides is 1. The second-order valence-corrected chi connectivity index (χ2v) is 7.71. The molecule has 0 aliphatic carbocycles. The van der Waals surface area contributed by atoms with Crippen LogP contribution >= 0.6 is 11.6 Å². The van der Waals surface area contributed by atoms with Gasteiger partial charge in [-0.15, -0.1) is 0 Å². The Hall–Kier alpha value is -2.65. The zero-order valence-corrected chi connectivity index (χ0v) is 16.1. The molecule has 144 valence electrons. The molecule has 0 atom stereocenters. The number of sulfonamides is 1. The molecule has 0 radical (unpaired) electrons. The normalized spacial score (nSPS) is 11.4. The van der Waals surface area contributed by atoms with Crippen LogP contribution in [0.4, 0.5) is 10.1 Å². The molecule has 2 aromatic carbocycles. The molecule has 0 heterocycles. The Labute approximate surface area is 161 Å². The monoisotopic (exact) mass is 413 g/mol. The molecule has 0 aliphatic rings. The van der Waals surface area contributed by atoms with Crippen LogP contribution in [0.1, 0.15) is 5.56 Å². The van der Waals surface area contributed by atoms with Crippen molar-refractivity contribution in [2.24, 2.45) is 5.10 Å². The van der Waals surface area contributed by atoms with E-state index in [1.54, 1.807) is 12.1 Å². The van der Waals surface area contributed by atoms with Crippen LogP contribution in [-0.4, -0.2) is 40.4 Å². The van der Waals surface area contributed by atoms with E-state index in [1.807, 2.05) is 0 Å². The van der Waals surface area contributed by atoms with E-state index in [1.165, 1.54) is 37.4 Å². The van der Waals surface area contributed by atoms with E-state index in [0.29, 0.717) is 5.75 Å². The minimum atomic E-state index is -3.72. The summed E-state index contributed by atoms with van der Waals surface area (Å²) in [5.41, 5.74) is 2.45. The van der Waals surface area contributed by atoms with Gasteiger partial charge in [-0.05, 0) is 36.4 Å². The summed E-state index contributed by atoms with van der Waals surface area (Å²) in [5.74, 6) is -0.764. The molecular weight excluding hydrogens is 397 g/mol. The van der Waals surface area contributed by atoms with Crippen molar-refractivity contribution < 1.29 is 22.3 Å². The first kappa shape index (κ1) is 20.7. The van der Waals surface area contributed by atoms with Gasteiger partial charge in [0.25, 0.3) is 5.91 Å². The highest BCUT2D eigenvalue weighted by Crippen LogP contribution is 2.21. The third-order valence-electron chi connectivity index (χ3n) is 3.43. The number of carbonyl (C=O) groups is 1. The number of ether oxygens (including phenoxy) is 1. The lowest BCUT2D eigenvalue weighted by Gasteiger charge is -2.21. The molecule has 0 aromatic heterocycles. The highest BCUT2D eigenvalue weighted by atomic mass is 35.5.